The number of benzene rings is 2. The molecule has 0 aliphatic rings. The molecule has 0 bridgehead atoms. The van der Waals surface area contributed by atoms with Crippen molar-refractivity contribution in [2.75, 3.05) is 11.9 Å². The lowest BCUT2D eigenvalue weighted by molar-refractivity contribution is 0.167. The molecule has 0 spiro atoms. The number of aliphatic hydroxyl groups is 1. The number of nitrogens with zero attached hydrogens (tertiary/aromatic N) is 1. The molecule has 0 fully saturated rings. The summed E-state index contributed by atoms with van der Waals surface area (Å²) in [5, 5.41) is 23.8. The van der Waals surface area contributed by atoms with Gasteiger partial charge in [0.05, 0.1) is 11.7 Å². The van der Waals surface area contributed by atoms with E-state index in [0.29, 0.717) is 12.1 Å². The van der Waals surface area contributed by atoms with Crippen LogP contribution in [0.1, 0.15) is 23.7 Å². The van der Waals surface area contributed by atoms with E-state index in [2.05, 4.69) is 10.6 Å². The Morgan fingerprint density at radius 1 is 1.26 bits per heavy atom. The number of carbonyl (C=O) groups excluding carboxylic acids is 1. The second kappa shape index (κ2) is 7.92. The highest BCUT2D eigenvalue weighted by molar-refractivity contribution is 5.89. The highest BCUT2D eigenvalue weighted by Gasteiger charge is 2.09. The first kappa shape index (κ1) is 16.5. The molecule has 2 amide bonds. The van der Waals surface area contributed by atoms with Crippen molar-refractivity contribution in [3.05, 3.63) is 65.5 Å². The summed E-state index contributed by atoms with van der Waals surface area (Å²) >= 11 is 0. The van der Waals surface area contributed by atoms with Crippen molar-refractivity contribution < 1.29 is 14.3 Å². The fraction of sp³-hybridized carbons (Fsp3) is 0.176. The smallest absolute Gasteiger partial charge is 0.319 e. The standard InChI is InChI=1S/C17H16FN3O2/c18-15-7-6-14(10-13(15)11-19)21-17(23)20-9-8-16(22)12-4-2-1-3-5-12/h1-7,10,16,22H,8-9H2,(H2,20,21,23). The molecule has 5 nitrogen and oxygen atoms in total. The first-order valence-electron chi connectivity index (χ1n) is 7.07. The van der Waals surface area contributed by atoms with Crippen LogP contribution in [-0.4, -0.2) is 17.7 Å². The van der Waals surface area contributed by atoms with E-state index in [1.807, 2.05) is 30.3 Å². The maximum absolute atomic E-state index is 13.2. The molecule has 0 aromatic heterocycles. The van der Waals surface area contributed by atoms with Gasteiger partial charge in [0, 0.05) is 12.2 Å². The van der Waals surface area contributed by atoms with Crippen molar-refractivity contribution >= 4 is 11.7 Å². The van der Waals surface area contributed by atoms with E-state index in [9.17, 15) is 14.3 Å². The van der Waals surface area contributed by atoms with Crippen LogP contribution in [0.4, 0.5) is 14.9 Å². The van der Waals surface area contributed by atoms with E-state index in [1.54, 1.807) is 6.07 Å². The molecule has 2 rings (SSSR count). The van der Waals surface area contributed by atoms with Gasteiger partial charge < -0.3 is 15.7 Å². The highest BCUT2D eigenvalue weighted by atomic mass is 19.1. The van der Waals surface area contributed by atoms with Crippen LogP contribution < -0.4 is 10.6 Å². The van der Waals surface area contributed by atoms with Gasteiger partial charge in [0.2, 0.25) is 0 Å². The number of hydrogen-bond donors (Lipinski definition) is 3. The Balaban J connectivity index is 1.81. The number of hydrogen-bond acceptors (Lipinski definition) is 3. The summed E-state index contributed by atoms with van der Waals surface area (Å²) in [5.74, 6) is -0.635. The fourth-order valence-corrected chi connectivity index (χ4v) is 2.03. The number of urea groups is 1. The second-order valence-corrected chi connectivity index (χ2v) is 4.90. The predicted octanol–water partition coefficient (Wildman–Crippen LogP) is 2.94. The molecule has 0 saturated carbocycles. The van der Waals surface area contributed by atoms with Gasteiger partial charge in [-0.2, -0.15) is 5.26 Å². The Hall–Kier alpha value is -2.91. The average Bonchev–Trinajstić information content (AvgIpc) is 2.57. The van der Waals surface area contributed by atoms with Gasteiger partial charge in [-0.3, -0.25) is 0 Å². The van der Waals surface area contributed by atoms with E-state index in [1.165, 1.54) is 12.1 Å². The Morgan fingerprint density at radius 3 is 2.70 bits per heavy atom. The van der Waals surface area contributed by atoms with Crippen molar-refractivity contribution in [1.29, 1.82) is 5.26 Å². The van der Waals surface area contributed by atoms with Crippen LogP contribution >= 0.6 is 0 Å². The second-order valence-electron chi connectivity index (χ2n) is 4.90. The quantitative estimate of drug-likeness (QED) is 0.793. The SMILES string of the molecule is N#Cc1cc(NC(=O)NCCC(O)c2ccccc2)ccc1F. The van der Waals surface area contributed by atoms with Crippen molar-refractivity contribution in [3.63, 3.8) is 0 Å². The first-order valence-corrected chi connectivity index (χ1v) is 7.07. The van der Waals surface area contributed by atoms with Crippen molar-refractivity contribution in [2.24, 2.45) is 0 Å². The maximum Gasteiger partial charge on any atom is 0.319 e. The normalized spacial score (nSPS) is 11.3. The van der Waals surface area contributed by atoms with Gasteiger partial charge in [0.1, 0.15) is 11.9 Å². The summed E-state index contributed by atoms with van der Waals surface area (Å²) in [6.07, 6.45) is -0.294. The number of aliphatic hydroxyl groups excluding tert-OH is 1. The minimum atomic E-state index is -0.660. The summed E-state index contributed by atoms with van der Waals surface area (Å²) in [6.45, 7) is 0.272. The van der Waals surface area contributed by atoms with E-state index < -0.39 is 18.0 Å². The number of carbonyl (C=O) groups is 1. The largest absolute Gasteiger partial charge is 0.388 e. The third-order valence-electron chi connectivity index (χ3n) is 3.23. The topological polar surface area (TPSA) is 85.2 Å². The lowest BCUT2D eigenvalue weighted by Gasteiger charge is -2.12. The molecule has 6 heteroatoms. The van der Waals surface area contributed by atoms with Crippen LogP contribution in [0.2, 0.25) is 0 Å². The zero-order valence-electron chi connectivity index (χ0n) is 12.3. The van der Waals surface area contributed by atoms with Crippen LogP contribution in [0.3, 0.4) is 0 Å². The van der Waals surface area contributed by atoms with Gasteiger partial charge in [-0.15, -0.1) is 0 Å². The van der Waals surface area contributed by atoms with Gasteiger partial charge in [0.25, 0.3) is 0 Å². The molecule has 0 aliphatic heterocycles. The van der Waals surface area contributed by atoms with E-state index in [4.69, 9.17) is 5.26 Å². The van der Waals surface area contributed by atoms with Gasteiger partial charge >= 0.3 is 6.03 Å². The van der Waals surface area contributed by atoms with E-state index >= 15 is 0 Å². The minimum Gasteiger partial charge on any atom is -0.388 e. The zero-order chi connectivity index (χ0) is 16.7. The number of rotatable bonds is 5. The predicted molar refractivity (Wildman–Crippen MR) is 84.2 cm³/mol. The molecule has 0 aliphatic carbocycles. The number of nitrogens with one attached hydrogen (secondary N) is 2. The molecule has 1 unspecified atom stereocenters. The molecule has 2 aromatic rings. The van der Waals surface area contributed by atoms with Crippen molar-refractivity contribution in [3.8, 4) is 6.07 Å². The number of halogens is 1. The summed E-state index contributed by atoms with van der Waals surface area (Å²) in [4.78, 5) is 11.7. The molecule has 118 valence electrons. The van der Waals surface area contributed by atoms with Crippen LogP contribution in [0.5, 0.6) is 0 Å². The molecule has 0 saturated heterocycles. The highest BCUT2D eigenvalue weighted by Crippen LogP contribution is 2.15. The lowest BCUT2D eigenvalue weighted by Crippen LogP contribution is -2.30. The zero-order valence-corrected chi connectivity index (χ0v) is 12.3. The third-order valence-corrected chi connectivity index (χ3v) is 3.23. The monoisotopic (exact) mass is 313 g/mol. The molecular formula is C17H16FN3O2. The van der Waals surface area contributed by atoms with Crippen LogP contribution in [0.25, 0.3) is 0 Å². The summed E-state index contributed by atoms with van der Waals surface area (Å²) in [6, 6.07) is 14.1. The maximum atomic E-state index is 13.2. The van der Waals surface area contributed by atoms with Gasteiger partial charge in [-0.25, -0.2) is 9.18 Å². The third kappa shape index (κ3) is 4.80. The van der Waals surface area contributed by atoms with Crippen LogP contribution in [0.15, 0.2) is 48.5 Å². The molecule has 1 atom stereocenters. The van der Waals surface area contributed by atoms with Crippen LogP contribution in [-0.2, 0) is 0 Å². The molecule has 0 heterocycles. The average molecular weight is 313 g/mol. The summed E-state index contributed by atoms with van der Waals surface area (Å²) < 4.78 is 13.2. The molecule has 3 N–H and O–H groups in total. The van der Waals surface area contributed by atoms with Crippen LogP contribution in [0, 0.1) is 17.1 Å². The van der Waals surface area contributed by atoms with Gasteiger partial charge in [-0.1, -0.05) is 30.3 Å². The molecule has 2 aromatic carbocycles. The number of anilines is 1. The minimum absolute atomic E-state index is 0.137. The summed E-state index contributed by atoms with van der Waals surface area (Å²) in [7, 11) is 0. The van der Waals surface area contributed by atoms with E-state index in [-0.39, 0.29) is 12.1 Å². The van der Waals surface area contributed by atoms with Crippen molar-refractivity contribution in [2.45, 2.75) is 12.5 Å². The molecular weight excluding hydrogens is 297 g/mol. The fourth-order valence-electron chi connectivity index (χ4n) is 2.03. The Kier molecular flexibility index (Phi) is 5.67. The number of nitriles is 1. The Morgan fingerprint density at radius 2 is 2.00 bits per heavy atom. The van der Waals surface area contributed by atoms with Gasteiger partial charge in [0.15, 0.2) is 0 Å². The lowest BCUT2D eigenvalue weighted by atomic mass is 10.1. The molecule has 23 heavy (non-hydrogen) atoms. The first-order chi connectivity index (χ1) is 11.1. The molecule has 0 radical (unpaired) electrons. The van der Waals surface area contributed by atoms with Gasteiger partial charge in [-0.05, 0) is 30.2 Å². The summed E-state index contributed by atoms with van der Waals surface area (Å²) in [5.41, 5.74) is 0.971. The Labute approximate surface area is 133 Å². The Bertz CT molecular complexity index is 714. The van der Waals surface area contributed by atoms with E-state index in [0.717, 1.165) is 11.6 Å². The number of amides is 2. The van der Waals surface area contributed by atoms with Crippen molar-refractivity contribution in [1.82, 2.24) is 5.32 Å².